The van der Waals surface area contributed by atoms with Gasteiger partial charge in [0.1, 0.15) is 0 Å². The maximum atomic E-state index is 12.2. The lowest BCUT2D eigenvalue weighted by Crippen LogP contribution is -2.45. The van der Waals surface area contributed by atoms with Gasteiger partial charge in [-0.15, -0.1) is 0 Å². The van der Waals surface area contributed by atoms with Crippen molar-refractivity contribution >= 4 is 37.8 Å². The summed E-state index contributed by atoms with van der Waals surface area (Å²) in [6.07, 6.45) is 3.09. The highest BCUT2D eigenvalue weighted by molar-refractivity contribution is 9.09. The van der Waals surface area contributed by atoms with E-state index in [1.165, 1.54) is 0 Å². The monoisotopic (exact) mass is 671 g/mol. The Morgan fingerprint density at radius 1 is 0.744 bits per heavy atom. The first-order valence-electron chi connectivity index (χ1n) is 13.0. The van der Waals surface area contributed by atoms with Gasteiger partial charge < -0.3 is 33.3 Å². The minimum atomic E-state index is -0.476. The number of methoxy groups -OCH3 is 4. The van der Waals surface area contributed by atoms with Crippen molar-refractivity contribution in [3.63, 3.8) is 0 Å². The minimum absolute atomic E-state index is 0.0694. The molecule has 1 aliphatic heterocycles. The maximum Gasteiger partial charge on any atom is 0.219 e. The normalized spacial score (nSPS) is 14.5. The van der Waals surface area contributed by atoms with E-state index in [1.54, 1.807) is 35.4 Å². The molecule has 0 saturated carbocycles. The summed E-state index contributed by atoms with van der Waals surface area (Å²) in [5.41, 5.74) is 1.53. The molecule has 2 aromatic rings. The molecule has 0 radical (unpaired) electrons. The summed E-state index contributed by atoms with van der Waals surface area (Å²) >= 11 is 6.90. The van der Waals surface area contributed by atoms with E-state index in [1.807, 2.05) is 29.2 Å². The standard InChI is InChI=1S/C29H39Br2NO7/c1-20(33)32-12-8-29(9-13-32,21-16-23(34-2)27(24(17-21)35-3)38-14-6-10-30)22-18-25(36-4)28(26(19-22)37-5)39-15-7-11-31/h16-19H,6-15H2,1-5H3. The molecule has 0 bridgehead atoms. The third-order valence-electron chi connectivity index (χ3n) is 7.14. The van der Waals surface area contributed by atoms with Gasteiger partial charge in [-0.1, -0.05) is 31.9 Å². The van der Waals surface area contributed by atoms with E-state index in [0.717, 1.165) is 34.6 Å². The molecular formula is C29H39Br2NO7. The fourth-order valence-electron chi connectivity index (χ4n) is 5.00. The van der Waals surface area contributed by atoms with Crippen molar-refractivity contribution in [2.24, 2.45) is 0 Å². The van der Waals surface area contributed by atoms with Gasteiger partial charge in [-0.25, -0.2) is 0 Å². The van der Waals surface area contributed by atoms with Crippen molar-refractivity contribution in [3.05, 3.63) is 35.4 Å². The lowest BCUT2D eigenvalue weighted by atomic mass is 9.67. The lowest BCUT2D eigenvalue weighted by Gasteiger charge is -2.43. The number of alkyl halides is 2. The van der Waals surface area contributed by atoms with Crippen LogP contribution in [0.15, 0.2) is 24.3 Å². The second-order valence-electron chi connectivity index (χ2n) is 9.29. The highest BCUT2D eigenvalue weighted by atomic mass is 79.9. The van der Waals surface area contributed by atoms with Crippen molar-refractivity contribution in [2.75, 3.05) is 65.4 Å². The second-order valence-corrected chi connectivity index (χ2v) is 10.9. The molecule has 0 spiro atoms. The molecule has 10 heteroatoms. The molecule has 3 rings (SSSR count). The van der Waals surface area contributed by atoms with Gasteiger partial charge in [0.15, 0.2) is 23.0 Å². The van der Waals surface area contributed by atoms with Crippen LogP contribution >= 0.6 is 31.9 Å². The summed E-state index contributed by atoms with van der Waals surface area (Å²) in [4.78, 5) is 14.1. The molecule has 0 aliphatic carbocycles. The zero-order valence-corrected chi connectivity index (χ0v) is 26.6. The number of hydrogen-bond acceptors (Lipinski definition) is 7. The molecule has 1 fully saturated rings. The zero-order chi connectivity index (χ0) is 28.4. The first-order chi connectivity index (χ1) is 18.9. The third kappa shape index (κ3) is 7.06. The number of hydrogen-bond donors (Lipinski definition) is 0. The number of ether oxygens (including phenoxy) is 6. The van der Waals surface area contributed by atoms with Crippen molar-refractivity contribution in [2.45, 2.75) is 38.0 Å². The van der Waals surface area contributed by atoms with E-state index >= 15 is 0 Å². The number of halogens is 2. The predicted molar refractivity (Wildman–Crippen MR) is 159 cm³/mol. The highest BCUT2D eigenvalue weighted by Gasteiger charge is 2.41. The van der Waals surface area contributed by atoms with Crippen molar-refractivity contribution in [1.29, 1.82) is 0 Å². The first-order valence-corrected chi connectivity index (χ1v) is 15.3. The van der Waals surface area contributed by atoms with Crippen LogP contribution < -0.4 is 28.4 Å². The summed E-state index contributed by atoms with van der Waals surface area (Å²) in [5.74, 6) is 3.61. The Morgan fingerprint density at radius 3 is 1.38 bits per heavy atom. The fraction of sp³-hybridized carbons (Fsp3) is 0.552. The lowest BCUT2D eigenvalue weighted by molar-refractivity contribution is -0.130. The number of benzene rings is 2. The van der Waals surface area contributed by atoms with Crippen LogP contribution in [0, 0.1) is 0 Å². The van der Waals surface area contributed by atoms with Crippen molar-refractivity contribution in [1.82, 2.24) is 4.90 Å². The average molecular weight is 673 g/mol. The molecule has 1 saturated heterocycles. The number of likely N-dealkylation sites (tertiary alicyclic amines) is 1. The van der Waals surface area contributed by atoms with Crippen LogP contribution in [0.3, 0.4) is 0 Å². The fourth-order valence-corrected chi connectivity index (χ4v) is 5.46. The Hall–Kier alpha value is -2.33. The molecule has 0 unspecified atom stereocenters. The smallest absolute Gasteiger partial charge is 0.219 e. The second kappa shape index (κ2) is 14.9. The summed E-state index contributed by atoms with van der Waals surface area (Å²) in [6, 6.07) is 8.09. The van der Waals surface area contributed by atoms with Crippen LogP contribution in [0.2, 0.25) is 0 Å². The summed E-state index contributed by atoms with van der Waals surface area (Å²) in [5, 5.41) is 1.68. The van der Waals surface area contributed by atoms with Crippen LogP contribution in [0.5, 0.6) is 34.5 Å². The van der Waals surface area contributed by atoms with Crippen LogP contribution in [0.25, 0.3) is 0 Å². The largest absolute Gasteiger partial charge is 0.493 e. The van der Waals surface area contributed by atoms with E-state index in [0.29, 0.717) is 73.6 Å². The molecule has 0 N–H and O–H groups in total. The first kappa shape index (κ1) is 31.2. The maximum absolute atomic E-state index is 12.2. The van der Waals surface area contributed by atoms with E-state index in [9.17, 15) is 4.79 Å². The molecule has 1 heterocycles. The summed E-state index contributed by atoms with van der Waals surface area (Å²) in [6.45, 7) is 3.89. The van der Waals surface area contributed by atoms with Gasteiger partial charge in [-0.2, -0.15) is 0 Å². The number of carbonyl (C=O) groups is 1. The number of rotatable bonds is 14. The molecule has 1 aliphatic rings. The Labute approximate surface area is 248 Å². The molecule has 39 heavy (non-hydrogen) atoms. The number of nitrogens with zero attached hydrogens (tertiary/aromatic N) is 1. The molecular weight excluding hydrogens is 634 g/mol. The van der Waals surface area contributed by atoms with Crippen molar-refractivity contribution < 1.29 is 33.2 Å². The van der Waals surface area contributed by atoms with Crippen LogP contribution in [0.4, 0.5) is 0 Å². The van der Waals surface area contributed by atoms with Gasteiger partial charge in [0.25, 0.3) is 0 Å². The van der Waals surface area contributed by atoms with E-state index < -0.39 is 5.41 Å². The van der Waals surface area contributed by atoms with Gasteiger partial charge in [0.05, 0.1) is 41.7 Å². The molecule has 1 amide bonds. The van der Waals surface area contributed by atoms with Gasteiger partial charge in [-0.3, -0.25) is 4.79 Å². The summed E-state index contributed by atoms with van der Waals surface area (Å²) in [7, 11) is 6.52. The molecule has 216 valence electrons. The third-order valence-corrected chi connectivity index (χ3v) is 8.26. The molecule has 8 nitrogen and oxygen atoms in total. The van der Waals surface area contributed by atoms with Gasteiger partial charge in [0, 0.05) is 36.1 Å². The van der Waals surface area contributed by atoms with Crippen LogP contribution in [-0.2, 0) is 10.2 Å². The van der Waals surface area contributed by atoms with Crippen molar-refractivity contribution in [3.8, 4) is 34.5 Å². The predicted octanol–water partition coefficient (Wildman–Crippen LogP) is 5.98. The van der Waals surface area contributed by atoms with E-state index in [-0.39, 0.29) is 5.91 Å². The Balaban J connectivity index is 2.19. The average Bonchev–Trinajstić information content (AvgIpc) is 2.96. The molecule has 0 aromatic heterocycles. The number of piperidine rings is 1. The molecule has 0 atom stereocenters. The Morgan fingerprint density at radius 2 is 1.10 bits per heavy atom. The number of carbonyl (C=O) groups excluding carboxylic acids is 1. The van der Waals surface area contributed by atoms with Gasteiger partial charge in [-0.05, 0) is 61.1 Å². The minimum Gasteiger partial charge on any atom is -0.493 e. The van der Waals surface area contributed by atoms with Crippen LogP contribution in [-0.4, -0.2) is 76.2 Å². The summed E-state index contributed by atoms with van der Waals surface area (Å²) < 4.78 is 35.3. The van der Waals surface area contributed by atoms with E-state index in [4.69, 9.17) is 28.4 Å². The Kier molecular flexibility index (Phi) is 11.9. The zero-order valence-electron chi connectivity index (χ0n) is 23.4. The van der Waals surface area contributed by atoms with E-state index in [2.05, 4.69) is 31.9 Å². The van der Waals surface area contributed by atoms with Crippen LogP contribution in [0.1, 0.15) is 43.7 Å². The highest BCUT2D eigenvalue weighted by Crippen LogP contribution is 2.51. The quantitative estimate of drug-likeness (QED) is 0.181. The SMILES string of the molecule is COc1cc(C2(c3cc(OC)c(OCCCBr)c(OC)c3)CCN(C(C)=O)CC2)cc(OC)c1OCCCBr. The Bertz CT molecular complexity index is 982. The topological polar surface area (TPSA) is 75.7 Å². The van der Waals surface area contributed by atoms with Gasteiger partial charge >= 0.3 is 0 Å². The number of amides is 1. The molecule has 2 aromatic carbocycles. The van der Waals surface area contributed by atoms with Gasteiger partial charge in [0.2, 0.25) is 17.4 Å².